The van der Waals surface area contributed by atoms with Gasteiger partial charge in [0.25, 0.3) is 0 Å². The van der Waals surface area contributed by atoms with Gasteiger partial charge in [-0.15, -0.1) is 11.3 Å². The summed E-state index contributed by atoms with van der Waals surface area (Å²) in [6.07, 6.45) is 0. The highest BCUT2D eigenvalue weighted by molar-refractivity contribution is 7.18. The summed E-state index contributed by atoms with van der Waals surface area (Å²) in [4.78, 5) is 21.1. The molecule has 2 amide bonds. The first-order valence-corrected chi connectivity index (χ1v) is 9.51. The maximum Gasteiger partial charge on any atom is 0.317 e. The van der Waals surface area contributed by atoms with Gasteiger partial charge in [-0.25, -0.2) is 9.78 Å². The van der Waals surface area contributed by atoms with E-state index in [9.17, 15) is 4.79 Å². The fraction of sp³-hybridized carbons (Fsp3) is 0.389. The Kier molecular flexibility index (Phi) is 4.85. The van der Waals surface area contributed by atoms with E-state index in [0.717, 1.165) is 46.3 Å². The van der Waals surface area contributed by atoms with Crippen LogP contribution in [0, 0.1) is 6.92 Å². The molecule has 8 heteroatoms. The molecule has 26 heavy (non-hydrogen) atoms. The lowest BCUT2D eigenvalue weighted by Gasteiger charge is -2.34. The van der Waals surface area contributed by atoms with Gasteiger partial charge >= 0.3 is 6.03 Å². The van der Waals surface area contributed by atoms with Gasteiger partial charge in [0.2, 0.25) is 0 Å². The smallest absolute Gasteiger partial charge is 0.317 e. The molecule has 0 saturated carbocycles. The van der Waals surface area contributed by atoms with Crippen LogP contribution in [0.2, 0.25) is 0 Å². The third-order valence-corrected chi connectivity index (χ3v) is 5.48. The number of carbonyl (C=O) groups excluding carboxylic acids is 1. The molecular formula is C18H21N5O2S. The molecular weight excluding hydrogens is 350 g/mol. The number of hydrogen-bond acceptors (Lipinski definition) is 6. The monoisotopic (exact) mass is 371 g/mol. The summed E-state index contributed by atoms with van der Waals surface area (Å²) in [6, 6.07) is 9.95. The minimum absolute atomic E-state index is 0.0283. The zero-order valence-electron chi connectivity index (χ0n) is 14.6. The first-order valence-electron chi connectivity index (χ1n) is 8.69. The van der Waals surface area contributed by atoms with Crippen molar-refractivity contribution in [2.24, 2.45) is 0 Å². The Morgan fingerprint density at radius 2 is 2.08 bits per heavy atom. The quantitative estimate of drug-likeness (QED) is 0.763. The van der Waals surface area contributed by atoms with E-state index in [2.05, 4.69) is 20.4 Å². The van der Waals surface area contributed by atoms with Crippen molar-refractivity contribution in [3.8, 4) is 0 Å². The lowest BCUT2D eigenvalue weighted by Crippen LogP contribution is -2.51. The second kappa shape index (κ2) is 7.43. The van der Waals surface area contributed by atoms with E-state index in [-0.39, 0.29) is 6.03 Å². The third-order valence-electron chi connectivity index (χ3n) is 4.44. The number of benzene rings is 1. The SMILES string of the molecule is Cc1cc(CN2CCN(C(=O)NCc3nc4ccccc4s3)CC2)on1. The average Bonchev–Trinajstić information content (AvgIpc) is 3.25. The van der Waals surface area contributed by atoms with Crippen molar-refractivity contribution in [1.29, 1.82) is 0 Å². The summed E-state index contributed by atoms with van der Waals surface area (Å²) in [6.45, 7) is 6.19. The molecule has 0 unspecified atom stereocenters. The minimum atomic E-state index is -0.0283. The van der Waals surface area contributed by atoms with Crippen LogP contribution >= 0.6 is 11.3 Å². The molecule has 1 N–H and O–H groups in total. The van der Waals surface area contributed by atoms with E-state index in [1.165, 1.54) is 0 Å². The predicted octanol–water partition coefficient (Wildman–Crippen LogP) is 2.62. The number of nitrogens with one attached hydrogen (secondary N) is 1. The minimum Gasteiger partial charge on any atom is -0.360 e. The summed E-state index contributed by atoms with van der Waals surface area (Å²) in [7, 11) is 0. The Morgan fingerprint density at radius 3 is 2.81 bits per heavy atom. The number of urea groups is 1. The van der Waals surface area contributed by atoms with Gasteiger partial charge in [-0.3, -0.25) is 4.90 Å². The Labute approximate surface area is 155 Å². The molecule has 1 aliphatic heterocycles. The first-order chi connectivity index (χ1) is 12.7. The molecule has 0 radical (unpaired) electrons. The number of para-hydroxylation sites is 1. The van der Waals surface area contributed by atoms with Crippen LogP contribution in [0.25, 0.3) is 10.2 Å². The number of amides is 2. The largest absolute Gasteiger partial charge is 0.360 e. The molecule has 7 nitrogen and oxygen atoms in total. The normalized spacial score (nSPS) is 15.5. The number of thiazole rings is 1. The van der Waals surface area contributed by atoms with Crippen molar-refractivity contribution in [2.45, 2.75) is 20.0 Å². The van der Waals surface area contributed by atoms with Crippen LogP contribution in [0.15, 0.2) is 34.9 Å². The number of aromatic nitrogens is 2. The van der Waals surface area contributed by atoms with Crippen molar-refractivity contribution in [2.75, 3.05) is 26.2 Å². The summed E-state index contributed by atoms with van der Waals surface area (Å²) in [5, 5.41) is 7.83. The fourth-order valence-corrected chi connectivity index (χ4v) is 3.99. The van der Waals surface area contributed by atoms with Gasteiger partial charge in [-0.1, -0.05) is 17.3 Å². The van der Waals surface area contributed by atoms with E-state index >= 15 is 0 Å². The number of nitrogens with zero attached hydrogens (tertiary/aromatic N) is 4. The lowest BCUT2D eigenvalue weighted by molar-refractivity contribution is 0.128. The summed E-state index contributed by atoms with van der Waals surface area (Å²) in [5.74, 6) is 0.872. The van der Waals surface area contributed by atoms with Gasteiger partial charge in [-0.2, -0.15) is 0 Å². The Morgan fingerprint density at radius 1 is 1.27 bits per heavy atom. The molecule has 136 valence electrons. The van der Waals surface area contributed by atoms with Crippen LogP contribution in [0.1, 0.15) is 16.5 Å². The van der Waals surface area contributed by atoms with Crippen molar-refractivity contribution in [3.05, 3.63) is 46.8 Å². The number of carbonyl (C=O) groups is 1. The average molecular weight is 371 g/mol. The first kappa shape index (κ1) is 17.0. The van der Waals surface area contributed by atoms with E-state index < -0.39 is 0 Å². The van der Waals surface area contributed by atoms with Gasteiger partial charge in [0.1, 0.15) is 5.01 Å². The van der Waals surface area contributed by atoms with Gasteiger partial charge in [0.05, 0.1) is 29.0 Å². The molecule has 0 bridgehead atoms. The molecule has 1 aromatic carbocycles. The van der Waals surface area contributed by atoms with Crippen molar-refractivity contribution in [1.82, 2.24) is 25.3 Å². The maximum atomic E-state index is 12.4. The molecule has 2 aromatic heterocycles. The van der Waals surface area contributed by atoms with Crippen LogP contribution < -0.4 is 5.32 Å². The molecule has 0 spiro atoms. The summed E-state index contributed by atoms with van der Waals surface area (Å²) >= 11 is 1.62. The lowest BCUT2D eigenvalue weighted by atomic mass is 10.3. The highest BCUT2D eigenvalue weighted by Crippen LogP contribution is 2.21. The molecule has 3 heterocycles. The summed E-state index contributed by atoms with van der Waals surface area (Å²) < 4.78 is 6.41. The number of aryl methyl sites for hydroxylation is 1. The van der Waals surface area contributed by atoms with E-state index in [1.807, 2.05) is 42.2 Å². The zero-order chi connectivity index (χ0) is 17.9. The Hall–Kier alpha value is -2.45. The van der Waals surface area contributed by atoms with E-state index in [1.54, 1.807) is 11.3 Å². The van der Waals surface area contributed by atoms with Gasteiger partial charge in [0, 0.05) is 32.2 Å². The number of hydrogen-bond donors (Lipinski definition) is 1. The molecule has 1 aliphatic rings. The van der Waals surface area contributed by atoms with Crippen molar-refractivity contribution in [3.63, 3.8) is 0 Å². The summed E-state index contributed by atoms with van der Waals surface area (Å²) in [5.41, 5.74) is 1.88. The molecule has 4 rings (SSSR count). The van der Waals surface area contributed by atoms with Crippen molar-refractivity contribution >= 4 is 27.6 Å². The van der Waals surface area contributed by atoms with Crippen LogP contribution in [0.4, 0.5) is 4.79 Å². The molecule has 1 saturated heterocycles. The molecule has 0 atom stereocenters. The molecule has 3 aromatic rings. The predicted molar refractivity (Wildman–Crippen MR) is 99.9 cm³/mol. The fourth-order valence-electron chi connectivity index (χ4n) is 3.08. The van der Waals surface area contributed by atoms with Gasteiger partial charge in [0.15, 0.2) is 5.76 Å². The highest BCUT2D eigenvalue weighted by Gasteiger charge is 2.22. The number of fused-ring (bicyclic) bond motifs is 1. The van der Waals surface area contributed by atoms with E-state index in [4.69, 9.17) is 4.52 Å². The van der Waals surface area contributed by atoms with Crippen molar-refractivity contribution < 1.29 is 9.32 Å². The topological polar surface area (TPSA) is 74.5 Å². The van der Waals surface area contributed by atoms with E-state index in [0.29, 0.717) is 19.6 Å². The number of rotatable bonds is 4. The van der Waals surface area contributed by atoms with Crippen LogP contribution in [-0.2, 0) is 13.1 Å². The molecule has 1 fully saturated rings. The molecule has 0 aliphatic carbocycles. The Bertz CT molecular complexity index is 865. The maximum absolute atomic E-state index is 12.4. The number of piperazine rings is 1. The van der Waals surface area contributed by atoms with Crippen LogP contribution in [0.5, 0.6) is 0 Å². The van der Waals surface area contributed by atoms with Gasteiger partial charge < -0.3 is 14.7 Å². The second-order valence-corrected chi connectivity index (χ2v) is 7.55. The standard InChI is InChI=1S/C18H21N5O2S/c1-13-10-14(25-21-13)12-22-6-8-23(9-7-22)18(24)19-11-17-20-15-4-2-3-5-16(15)26-17/h2-5,10H,6-9,11-12H2,1H3,(H,19,24). The third kappa shape index (κ3) is 3.86. The highest BCUT2D eigenvalue weighted by atomic mass is 32.1. The zero-order valence-corrected chi connectivity index (χ0v) is 15.5. The van der Waals surface area contributed by atoms with Crippen LogP contribution in [0.3, 0.4) is 0 Å². The second-order valence-electron chi connectivity index (χ2n) is 6.43. The Balaban J connectivity index is 1.25. The van der Waals surface area contributed by atoms with Gasteiger partial charge in [-0.05, 0) is 19.1 Å². The van der Waals surface area contributed by atoms with Crippen LogP contribution in [-0.4, -0.2) is 52.2 Å².